The van der Waals surface area contributed by atoms with Crippen LogP contribution in [0.4, 0.5) is 4.79 Å². The summed E-state index contributed by atoms with van der Waals surface area (Å²) in [6, 6.07) is 5.96. The Morgan fingerprint density at radius 1 is 0.730 bits per heavy atom. The van der Waals surface area contributed by atoms with Gasteiger partial charge < -0.3 is 28.8 Å². The summed E-state index contributed by atoms with van der Waals surface area (Å²) in [7, 11) is 0. The Balaban J connectivity index is 1.37. The molecule has 2 saturated carbocycles. The van der Waals surface area contributed by atoms with E-state index in [0.717, 1.165) is 6.08 Å². The molecule has 0 saturated heterocycles. The van der Waals surface area contributed by atoms with Gasteiger partial charge in [0.05, 0.1) is 17.0 Å². The highest BCUT2D eigenvalue weighted by Crippen LogP contribution is 2.27. The van der Waals surface area contributed by atoms with Gasteiger partial charge in [0.2, 0.25) is 6.79 Å². The van der Waals surface area contributed by atoms with Gasteiger partial charge in [0.15, 0.2) is 0 Å². The number of ether oxygens (including phenoxy) is 5. The van der Waals surface area contributed by atoms with E-state index in [2.05, 4.69) is 16.1 Å². The van der Waals surface area contributed by atoms with Crippen molar-refractivity contribution >= 4 is 30.0 Å². The summed E-state index contributed by atoms with van der Waals surface area (Å²) in [6.07, 6.45) is 2.81. The van der Waals surface area contributed by atoms with E-state index in [1.165, 1.54) is 24.3 Å². The van der Waals surface area contributed by atoms with Crippen molar-refractivity contribution in [3.05, 3.63) is 48.0 Å². The highest BCUT2D eigenvalue weighted by atomic mass is 16.8. The Morgan fingerprint density at radius 3 is 1.59 bits per heavy atom. The normalized spacial score (nSPS) is 23.1. The van der Waals surface area contributed by atoms with E-state index >= 15 is 0 Å². The molecule has 0 atom stereocenters. The first-order valence-corrected chi connectivity index (χ1v) is 12.1. The van der Waals surface area contributed by atoms with Crippen LogP contribution in [0.1, 0.15) is 72.1 Å². The highest BCUT2D eigenvalue weighted by Gasteiger charge is 2.29. The van der Waals surface area contributed by atoms with Gasteiger partial charge in [-0.15, -0.1) is 0 Å². The number of rotatable bonds is 9. The van der Waals surface area contributed by atoms with Gasteiger partial charge in [-0.05, 0) is 75.6 Å². The Labute approximate surface area is 213 Å². The predicted molar refractivity (Wildman–Crippen MR) is 125 cm³/mol. The van der Waals surface area contributed by atoms with Crippen LogP contribution in [0.25, 0.3) is 0 Å². The highest BCUT2D eigenvalue weighted by molar-refractivity contribution is 5.93. The molecule has 0 spiro atoms. The van der Waals surface area contributed by atoms with Gasteiger partial charge in [-0.2, -0.15) is 0 Å². The van der Waals surface area contributed by atoms with Gasteiger partial charge in [0.1, 0.15) is 18.3 Å². The molecule has 2 fully saturated rings. The number of hydrogen-bond acceptors (Lipinski definition) is 10. The molecule has 3 rings (SSSR count). The van der Waals surface area contributed by atoms with Crippen LogP contribution in [0.15, 0.2) is 36.9 Å². The lowest BCUT2D eigenvalue weighted by molar-refractivity contribution is -0.148. The zero-order chi connectivity index (χ0) is 26.8. The molecule has 1 aromatic carbocycles. The van der Waals surface area contributed by atoms with E-state index in [9.17, 15) is 24.0 Å². The van der Waals surface area contributed by atoms with Crippen molar-refractivity contribution in [1.82, 2.24) is 0 Å². The maximum atomic E-state index is 12.5. The van der Waals surface area contributed by atoms with Gasteiger partial charge >= 0.3 is 30.0 Å². The molecule has 0 bridgehead atoms. The molecule has 37 heavy (non-hydrogen) atoms. The third-order valence-corrected chi connectivity index (χ3v) is 6.36. The minimum atomic E-state index is -0.955. The Kier molecular flexibility index (Phi) is 10.0. The van der Waals surface area contributed by atoms with Crippen molar-refractivity contribution in [3.63, 3.8) is 0 Å². The van der Waals surface area contributed by atoms with Gasteiger partial charge in [0.25, 0.3) is 0 Å². The molecule has 11 heteroatoms. The Bertz CT molecular complexity index is 984. The number of aliphatic carboxylic acids is 1. The van der Waals surface area contributed by atoms with E-state index in [4.69, 9.17) is 19.3 Å². The third kappa shape index (κ3) is 8.62. The van der Waals surface area contributed by atoms with Gasteiger partial charge in [-0.25, -0.2) is 19.2 Å². The summed E-state index contributed by atoms with van der Waals surface area (Å²) in [5.41, 5.74) is 0.579. The number of benzene rings is 1. The van der Waals surface area contributed by atoms with E-state index in [0.29, 0.717) is 56.9 Å². The average Bonchev–Trinajstić information content (AvgIpc) is 2.90. The van der Waals surface area contributed by atoms with Crippen LogP contribution in [0.5, 0.6) is 0 Å². The molecule has 0 aromatic heterocycles. The van der Waals surface area contributed by atoms with Crippen molar-refractivity contribution in [2.75, 3.05) is 6.79 Å². The molecular formula is C26H30O11. The molecule has 0 unspecified atom stereocenters. The first-order chi connectivity index (χ1) is 17.7. The van der Waals surface area contributed by atoms with Crippen LogP contribution < -0.4 is 0 Å². The number of carbonyl (C=O) groups excluding carboxylic acids is 4. The minimum absolute atomic E-state index is 0.287. The first-order valence-electron chi connectivity index (χ1n) is 12.1. The number of carboxylic acid groups (broad SMARTS) is 1. The lowest BCUT2D eigenvalue weighted by atomic mass is 9.87. The van der Waals surface area contributed by atoms with Crippen molar-refractivity contribution in [2.45, 2.75) is 69.7 Å². The SMILES string of the molecule is C=CC(=O)OCOC(=O)OC1CCC(OC(=O)c2ccc(C(=O)OC3CCC(C(=O)O)CC3)cc2)CC1. The lowest BCUT2D eigenvalue weighted by Crippen LogP contribution is -2.30. The van der Waals surface area contributed by atoms with Crippen molar-refractivity contribution in [3.8, 4) is 0 Å². The second kappa shape index (κ2) is 13.4. The van der Waals surface area contributed by atoms with Gasteiger partial charge in [-0.3, -0.25) is 4.79 Å². The fourth-order valence-corrected chi connectivity index (χ4v) is 4.24. The van der Waals surface area contributed by atoms with Crippen molar-refractivity contribution in [2.24, 2.45) is 5.92 Å². The molecule has 0 amide bonds. The molecule has 200 valence electrons. The van der Waals surface area contributed by atoms with Crippen molar-refractivity contribution in [1.29, 1.82) is 0 Å². The maximum absolute atomic E-state index is 12.5. The number of hydrogen-bond donors (Lipinski definition) is 1. The molecular weight excluding hydrogens is 488 g/mol. The topological polar surface area (TPSA) is 152 Å². The molecule has 0 heterocycles. The van der Waals surface area contributed by atoms with Crippen LogP contribution in [0.2, 0.25) is 0 Å². The summed E-state index contributed by atoms with van der Waals surface area (Å²) in [5, 5.41) is 9.07. The standard InChI is InChI=1S/C26H30O11/c1-2-22(27)33-15-34-26(32)37-21-13-11-20(12-14-21)36-25(31)18-5-3-17(4-6-18)24(30)35-19-9-7-16(8-10-19)23(28)29/h2-6,16,19-21H,1,7-15H2,(H,28,29). The molecule has 1 aromatic rings. The summed E-state index contributed by atoms with van der Waals surface area (Å²) in [4.78, 5) is 58.5. The van der Waals surface area contributed by atoms with E-state index in [1.807, 2.05) is 0 Å². The van der Waals surface area contributed by atoms with E-state index in [-0.39, 0.29) is 23.7 Å². The zero-order valence-corrected chi connectivity index (χ0v) is 20.3. The molecule has 0 radical (unpaired) electrons. The maximum Gasteiger partial charge on any atom is 0.511 e. The van der Waals surface area contributed by atoms with Crippen LogP contribution in [0, 0.1) is 5.92 Å². The fourth-order valence-electron chi connectivity index (χ4n) is 4.24. The van der Waals surface area contributed by atoms with Crippen LogP contribution >= 0.6 is 0 Å². The minimum Gasteiger partial charge on any atom is -0.481 e. The molecule has 0 aliphatic heterocycles. The summed E-state index contributed by atoms with van der Waals surface area (Å²) < 4.78 is 25.4. The second-order valence-corrected chi connectivity index (χ2v) is 8.90. The smallest absolute Gasteiger partial charge is 0.481 e. The summed E-state index contributed by atoms with van der Waals surface area (Å²) >= 11 is 0. The first kappa shape index (κ1) is 27.7. The van der Waals surface area contributed by atoms with Crippen LogP contribution in [0.3, 0.4) is 0 Å². The summed E-state index contributed by atoms with van der Waals surface area (Å²) in [5.74, 6) is -2.98. The van der Waals surface area contributed by atoms with Crippen LogP contribution in [-0.2, 0) is 33.3 Å². The monoisotopic (exact) mass is 518 g/mol. The van der Waals surface area contributed by atoms with Crippen LogP contribution in [-0.4, -0.2) is 60.2 Å². The third-order valence-electron chi connectivity index (χ3n) is 6.36. The van der Waals surface area contributed by atoms with Gasteiger partial charge in [-0.1, -0.05) is 6.58 Å². The van der Waals surface area contributed by atoms with E-state index in [1.54, 1.807) is 0 Å². The second-order valence-electron chi connectivity index (χ2n) is 8.90. The molecule has 1 N–H and O–H groups in total. The van der Waals surface area contributed by atoms with Crippen molar-refractivity contribution < 1.29 is 52.8 Å². The zero-order valence-electron chi connectivity index (χ0n) is 20.3. The molecule has 2 aliphatic rings. The van der Waals surface area contributed by atoms with E-state index < -0.39 is 42.9 Å². The molecule has 11 nitrogen and oxygen atoms in total. The largest absolute Gasteiger partial charge is 0.511 e. The van der Waals surface area contributed by atoms with Gasteiger partial charge in [0, 0.05) is 6.08 Å². The predicted octanol–water partition coefficient (Wildman–Crippen LogP) is 3.79. The number of carbonyl (C=O) groups is 5. The Morgan fingerprint density at radius 2 is 1.16 bits per heavy atom. The number of carboxylic acids is 1. The fraction of sp³-hybridized carbons (Fsp3) is 0.500. The number of esters is 3. The molecule has 2 aliphatic carbocycles. The Hall–Kier alpha value is -3.89. The summed E-state index contributed by atoms with van der Waals surface area (Å²) in [6.45, 7) is 2.65. The quantitative estimate of drug-likeness (QED) is 0.220. The lowest BCUT2D eigenvalue weighted by Gasteiger charge is -2.27. The average molecular weight is 519 g/mol.